The summed E-state index contributed by atoms with van der Waals surface area (Å²) in [6.45, 7) is 9.10. The molecule has 1 aliphatic rings. The first-order chi connectivity index (χ1) is 9.27. The van der Waals surface area contributed by atoms with Crippen LogP contribution in [0.5, 0.6) is 0 Å². The van der Waals surface area contributed by atoms with Crippen LogP contribution in [-0.4, -0.2) is 17.4 Å². The Morgan fingerprint density at radius 3 is 2.65 bits per heavy atom. The number of carbonyl (C=O) groups is 1. The van der Waals surface area contributed by atoms with Gasteiger partial charge in [-0.15, -0.1) is 0 Å². The van der Waals surface area contributed by atoms with Gasteiger partial charge in [-0.25, -0.2) is 4.98 Å². The largest absolute Gasteiger partial charge is 0.352 e. The second kappa shape index (κ2) is 5.72. The van der Waals surface area contributed by atoms with Gasteiger partial charge in [0, 0.05) is 23.2 Å². The van der Waals surface area contributed by atoms with Gasteiger partial charge in [-0.2, -0.15) is 0 Å². The molecule has 0 aromatic carbocycles. The topological polar surface area (TPSA) is 42.0 Å². The van der Waals surface area contributed by atoms with E-state index in [1.807, 2.05) is 6.07 Å². The molecule has 2 rings (SSSR count). The molecule has 1 aliphatic carbocycles. The first-order valence-electron chi connectivity index (χ1n) is 7.23. The quantitative estimate of drug-likeness (QED) is 0.858. The number of rotatable bonds is 4. The molecular formula is C16H23ClN2O. The SMILES string of the molecule is CC(CNC(=O)c1cc(Cl)nc(C(C)(C)C)c1)C1CC1. The van der Waals surface area contributed by atoms with Crippen molar-refractivity contribution in [2.24, 2.45) is 11.8 Å². The summed E-state index contributed by atoms with van der Waals surface area (Å²) in [5, 5.41) is 3.37. The van der Waals surface area contributed by atoms with Crippen LogP contribution in [0.15, 0.2) is 12.1 Å². The van der Waals surface area contributed by atoms with Crippen LogP contribution in [0.2, 0.25) is 5.15 Å². The predicted octanol–water partition coefficient (Wildman–Crippen LogP) is 3.81. The maximum atomic E-state index is 12.2. The number of halogens is 1. The average molecular weight is 295 g/mol. The molecule has 0 radical (unpaired) electrons. The molecule has 0 bridgehead atoms. The second-order valence-corrected chi connectivity index (χ2v) is 7.23. The number of pyridine rings is 1. The third kappa shape index (κ3) is 3.95. The Kier molecular flexibility index (Phi) is 4.38. The van der Waals surface area contributed by atoms with E-state index in [9.17, 15) is 4.79 Å². The zero-order chi connectivity index (χ0) is 14.9. The Balaban J connectivity index is 2.06. The summed E-state index contributed by atoms with van der Waals surface area (Å²) in [6, 6.07) is 3.47. The Bertz CT molecular complexity index is 504. The van der Waals surface area contributed by atoms with E-state index in [4.69, 9.17) is 11.6 Å². The van der Waals surface area contributed by atoms with E-state index >= 15 is 0 Å². The number of carbonyl (C=O) groups excluding carboxylic acids is 1. The van der Waals surface area contributed by atoms with Crippen LogP contribution in [0.3, 0.4) is 0 Å². The minimum absolute atomic E-state index is 0.0627. The van der Waals surface area contributed by atoms with Gasteiger partial charge in [0.1, 0.15) is 5.15 Å². The van der Waals surface area contributed by atoms with Crippen molar-refractivity contribution >= 4 is 17.5 Å². The maximum Gasteiger partial charge on any atom is 0.251 e. The van der Waals surface area contributed by atoms with E-state index in [1.54, 1.807) is 6.07 Å². The van der Waals surface area contributed by atoms with Crippen LogP contribution in [0.25, 0.3) is 0 Å². The summed E-state index contributed by atoms with van der Waals surface area (Å²) < 4.78 is 0. The number of hydrogen-bond acceptors (Lipinski definition) is 2. The van der Waals surface area contributed by atoms with Crippen molar-refractivity contribution in [2.45, 2.75) is 46.0 Å². The Labute approximate surface area is 126 Å². The number of hydrogen-bond donors (Lipinski definition) is 1. The smallest absolute Gasteiger partial charge is 0.251 e. The van der Waals surface area contributed by atoms with Crippen molar-refractivity contribution in [1.29, 1.82) is 0 Å². The van der Waals surface area contributed by atoms with Gasteiger partial charge < -0.3 is 5.32 Å². The molecule has 20 heavy (non-hydrogen) atoms. The standard InChI is InChI=1S/C16H23ClN2O/c1-10(11-5-6-11)9-18-15(20)12-7-13(16(2,3)4)19-14(17)8-12/h7-8,10-11H,5-6,9H2,1-4H3,(H,18,20). The molecule has 1 saturated carbocycles. The molecule has 1 aromatic heterocycles. The Morgan fingerprint density at radius 1 is 1.45 bits per heavy atom. The lowest BCUT2D eigenvalue weighted by molar-refractivity contribution is 0.0946. The van der Waals surface area contributed by atoms with Crippen molar-refractivity contribution < 1.29 is 4.79 Å². The molecular weight excluding hydrogens is 272 g/mol. The lowest BCUT2D eigenvalue weighted by Crippen LogP contribution is -2.29. The van der Waals surface area contributed by atoms with E-state index in [1.165, 1.54) is 12.8 Å². The first-order valence-corrected chi connectivity index (χ1v) is 7.61. The minimum atomic E-state index is -0.124. The van der Waals surface area contributed by atoms with Crippen LogP contribution >= 0.6 is 11.6 Å². The van der Waals surface area contributed by atoms with Crippen molar-refractivity contribution in [2.75, 3.05) is 6.54 Å². The van der Waals surface area contributed by atoms with E-state index in [0.717, 1.165) is 18.2 Å². The molecule has 1 N–H and O–H groups in total. The average Bonchev–Trinajstić information content (AvgIpc) is 3.17. The molecule has 3 nitrogen and oxygen atoms in total. The maximum absolute atomic E-state index is 12.2. The van der Waals surface area contributed by atoms with Gasteiger partial charge in [-0.05, 0) is 36.8 Å². The minimum Gasteiger partial charge on any atom is -0.352 e. The fraction of sp³-hybridized carbons (Fsp3) is 0.625. The summed E-state index contributed by atoms with van der Waals surface area (Å²) in [5.41, 5.74) is 1.31. The number of nitrogens with one attached hydrogen (secondary N) is 1. The third-order valence-corrected chi connectivity index (χ3v) is 4.03. The molecule has 1 fully saturated rings. The summed E-state index contributed by atoms with van der Waals surface area (Å²) in [4.78, 5) is 16.5. The van der Waals surface area contributed by atoms with Crippen molar-refractivity contribution in [1.82, 2.24) is 10.3 Å². The van der Waals surface area contributed by atoms with Gasteiger partial charge in [-0.3, -0.25) is 4.79 Å². The highest BCUT2D eigenvalue weighted by molar-refractivity contribution is 6.29. The lowest BCUT2D eigenvalue weighted by atomic mass is 9.91. The molecule has 4 heteroatoms. The van der Waals surface area contributed by atoms with Gasteiger partial charge in [0.2, 0.25) is 0 Å². The highest BCUT2D eigenvalue weighted by Gasteiger charge is 2.28. The third-order valence-electron chi connectivity index (χ3n) is 3.84. The zero-order valence-electron chi connectivity index (χ0n) is 12.7. The normalized spacial score (nSPS) is 16.9. The van der Waals surface area contributed by atoms with Gasteiger partial charge in [-0.1, -0.05) is 39.3 Å². The Hall–Kier alpha value is -1.09. The molecule has 1 unspecified atom stereocenters. The van der Waals surface area contributed by atoms with Gasteiger partial charge >= 0.3 is 0 Å². The lowest BCUT2D eigenvalue weighted by Gasteiger charge is -2.19. The van der Waals surface area contributed by atoms with Crippen LogP contribution in [0.1, 0.15) is 56.6 Å². The summed E-state index contributed by atoms with van der Waals surface area (Å²) >= 11 is 6.03. The summed E-state index contributed by atoms with van der Waals surface area (Å²) in [7, 11) is 0. The monoisotopic (exact) mass is 294 g/mol. The highest BCUT2D eigenvalue weighted by Crippen LogP contribution is 2.36. The molecule has 0 spiro atoms. The van der Waals surface area contributed by atoms with E-state index in [0.29, 0.717) is 16.6 Å². The van der Waals surface area contributed by atoms with Crippen LogP contribution in [-0.2, 0) is 5.41 Å². The number of aromatic nitrogens is 1. The zero-order valence-corrected chi connectivity index (χ0v) is 13.4. The molecule has 0 saturated heterocycles. The molecule has 1 heterocycles. The molecule has 110 valence electrons. The number of amides is 1. The van der Waals surface area contributed by atoms with Crippen LogP contribution in [0.4, 0.5) is 0 Å². The Morgan fingerprint density at radius 2 is 2.10 bits per heavy atom. The molecule has 1 aromatic rings. The van der Waals surface area contributed by atoms with Crippen molar-refractivity contribution in [3.05, 3.63) is 28.5 Å². The molecule has 1 amide bonds. The fourth-order valence-electron chi connectivity index (χ4n) is 2.20. The van der Waals surface area contributed by atoms with Crippen molar-refractivity contribution in [3.63, 3.8) is 0 Å². The molecule has 0 aliphatic heterocycles. The molecule has 1 atom stereocenters. The summed E-state index contributed by atoms with van der Waals surface area (Å²) in [5.74, 6) is 1.28. The van der Waals surface area contributed by atoms with Gasteiger partial charge in [0.15, 0.2) is 0 Å². The second-order valence-electron chi connectivity index (χ2n) is 6.84. The van der Waals surface area contributed by atoms with Gasteiger partial charge in [0.25, 0.3) is 5.91 Å². The highest BCUT2D eigenvalue weighted by atomic mass is 35.5. The van der Waals surface area contributed by atoms with Crippen molar-refractivity contribution in [3.8, 4) is 0 Å². The first kappa shape index (κ1) is 15.3. The van der Waals surface area contributed by atoms with Gasteiger partial charge in [0.05, 0.1) is 0 Å². The van der Waals surface area contributed by atoms with Crippen LogP contribution < -0.4 is 5.32 Å². The predicted molar refractivity (Wildman–Crippen MR) is 82.2 cm³/mol. The number of nitrogens with zero attached hydrogens (tertiary/aromatic N) is 1. The van der Waals surface area contributed by atoms with E-state index in [2.05, 4.69) is 38.0 Å². The van der Waals surface area contributed by atoms with E-state index < -0.39 is 0 Å². The van der Waals surface area contributed by atoms with E-state index in [-0.39, 0.29) is 11.3 Å². The van der Waals surface area contributed by atoms with Crippen LogP contribution in [0, 0.1) is 11.8 Å². The fourth-order valence-corrected chi connectivity index (χ4v) is 2.41. The summed E-state index contributed by atoms with van der Waals surface area (Å²) in [6.07, 6.45) is 2.60.